The first-order valence-corrected chi connectivity index (χ1v) is 7.32. The maximum Gasteiger partial charge on any atom is 0.128 e. The largest absolute Gasteiger partial charge is 0.310 e. The quantitative estimate of drug-likeness (QED) is 0.837. The number of halogens is 3. The summed E-state index contributed by atoms with van der Waals surface area (Å²) in [6.45, 7) is 2.68. The predicted molar refractivity (Wildman–Crippen MR) is 80.6 cm³/mol. The first kappa shape index (κ1) is 15.1. The van der Waals surface area contributed by atoms with Gasteiger partial charge >= 0.3 is 0 Å². The second-order valence-electron chi connectivity index (χ2n) is 4.61. The Labute approximate surface area is 126 Å². The lowest BCUT2D eigenvalue weighted by Crippen LogP contribution is -2.24. The van der Waals surface area contributed by atoms with Crippen LogP contribution in [0.15, 0.2) is 46.9 Å². The van der Waals surface area contributed by atoms with Crippen molar-refractivity contribution >= 4 is 15.9 Å². The summed E-state index contributed by atoms with van der Waals surface area (Å²) in [6.07, 6.45) is 0.541. The Kier molecular flexibility index (Phi) is 5.26. The number of rotatable bonds is 5. The van der Waals surface area contributed by atoms with E-state index in [2.05, 4.69) is 21.2 Å². The van der Waals surface area contributed by atoms with Crippen LogP contribution in [0, 0.1) is 11.6 Å². The lowest BCUT2D eigenvalue weighted by molar-refractivity contribution is 0.508. The normalized spacial score (nSPS) is 12.4. The van der Waals surface area contributed by atoms with Gasteiger partial charge in [-0.05, 0) is 48.9 Å². The van der Waals surface area contributed by atoms with Crippen LogP contribution in [0.3, 0.4) is 0 Å². The summed E-state index contributed by atoms with van der Waals surface area (Å²) >= 11 is 3.36. The average molecular weight is 340 g/mol. The van der Waals surface area contributed by atoms with Gasteiger partial charge in [-0.3, -0.25) is 0 Å². The molecular weight excluding hydrogens is 324 g/mol. The van der Waals surface area contributed by atoms with Crippen LogP contribution < -0.4 is 5.32 Å². The molecule has 0 heterocycles. The maximum atomic E-state index is 14.0. The van der Waals surface area contributed by atoms with Crippen molar-refractivity contribution in [1.82, 2.24) is 5.32 Å². The minimum absolute atomic E-state index is 0.181. The molecule has 1 nitrogen and oxygen atoms in total. The van der Waals surface area contributed by atoms with Gasteiger partial charge in [-0.2, -0.15) is 0 Å². The number of likely N-dealkylation sites (N-methyl/N-ethyl adjacent to an activating group) is 1. The molecule has 1 atom stereocenters. The molecule has 1 N–H and O–H groups in total. The molecule has 0 amide bonds. The van der Waals surface area contributed by atoms with E-state index in [9.17, 15) is 8.78 Å². The fourth-order valence-corrected chi connectivity index (χ4v) is 2.60. The highest BCUT2D eigenvalue weighted by Crippen LogP contribution is 2.25. The molecule has 20 heavy (non-hydrogen) atoms. The molecule has 4 heteroatoms. The summed E-state index contributed by atoms with van der Waals surface area (Å²) in [6, 6.07) is 11.1. The van der Waals surface area contributed by atoms with Gasteiger partial charge in [0, 0.05) is 16.1 Å². The molecule has 0 aromatic heterocycles. The maximum absolute atomic E-state index is 14.0. The van der Waals surface area contributed by atoms with E-state index in [1.54, 1.807) is 18.2 Å². The van der Waals surface area contributed by atoms with Gasteiger partial charge in [0.15, 0.2) is 0 Å². The van der Waals surface area contributed by atoms with Crippen LogP contribution in [0.2, 0.25) is 0 Å². The van der Waals surface area contributed by atoms with E-state index in [1.807, 2.05) is 13.0 Å². The molecule has 0 radical (unpaired) electrons. The van der Waals surface area contributed by atoms with Crippen molar-refractivity contribution in [3.05, 3.63) is 69.7 Å². The van der Waals surface area contributed by atoms with Gasteiger partial charge in [-0.1, -0.05) is 35.0 Å². The molecule has 0 saturated heterocycles. The Morgan fingerprint density at radius 3 is 2.65 bits per heavy atom. The minimum atomic E-state index is -0.271. The zero-order chi connectivity index (χ0) is 14.5. The smallest absolute Gasteiger partial charge is 0.128 e. The Hall–Kier alpha value is -1.26. The highest BCUT2D eigenvalue weighted by atomic mass is 79.9. The van der Waals surface area contributed by atoms with Crippen molar-refractivity contribution in [3.63, 3.8) is 0 Å². The monoisotopic (exact) mass is 339 g/mol. The molecule has 0 aliphatic carbocycles. The summed E-state index contributed by atoms with van der Waals surface area (Å²) in [7, 11) is 0. The van der Waals surface area contributed by atoms with Crippen LogP contribution in [0.25, 0.3) is 0 Å². The van der Waals surface area contributed by atoms with E-state index in [0.29, 0.717) is 18.5 Å². The van der Waals surface area contributed by atoms with Crippen molar-refractivity contribution in [1.29, 1.82) is 0 Å². The first-order chi connectivity index (χ1) is 9.60. The van der Waals surface area contributed by atoms with E-state index >= 15 is 0 Å². The van der Waals surface area contributed by atoms with Gasteiger partial charge in [-0.15, -0.1) is 0 Å². The number of hydrogen-bond acceptors (Lipinski definition) is 1. The molecule has 0 aliphatic rings. The molecule has 0 aliphatic heterocycles. The molecular formula is C16H16BrF2N. The Balaban J connectivity index is 2.29. The molecule has 0 saturated carbocycles. The second-order valence-corrected chi connectivity index (χ2v) is 5.53. The lowest BCUT2D eigenvalue weighted by Gasteiger charge is -2.19. The zero-order valence-corrected chi connectivity index (χ0v) is 12.8. The predicted octanol–water partition coefficient (Wildman–Crippen LogP) is 4.62. The summed E-state index contributed by atoms with van der Waals surface area (Å²) in [4.78, 5) is 0. The third kappa shape index (κ3) is 3.87. The van der Waals surface area contributed by atoms with E-state index in [4.69, 9.17) is 0 Å². The van der Waals surface area contributed by atoms with Crippen molar-refractivity contribution in [2.75, 3.05) is 6.54 Å². The van der Waals surface area contributed by atoms with E-state index < -0.39 is 0 Å². The van der Waals surface area contributed by atoms with Crippen LogP contribution in [-0.4, -0.2) is 6.54 Å². The standard InChI is InChI=1S/C16H16BrF2N/c1-2-20-16(9-11-4-3-5-13(18)8-11)14-10-12(17)6-7-15(14)19/h3-8,10,16,20H,2,9H2,1H3. The molecule has 0 bridgehead atoms. The molecule has 2 rings (SSSR count). The number of benzene rings is 2. The van der Waals surface area contributed by atoms with E-state index in [1.165, 1.54) is 18.2 Å². The fraction of sp³-hybridized carbons (Fsp3) is 0.250. The van der Waals surface area contributed by atoms with Crippen molar-refractivity contribution in [2.24, 2.45) is 0 Å². The molecule has 0 fully saturated rings. The molecule has 2 aromatic rings. The Bertz CT molecular complexity index is 586. The van der Waals surface area contributed by atoms with Crippen LogP contribution in [0.1, 0.15) is 24.1 Å². The Morgan fingerprint density at radius 2 is 1.95 bits per heavy atom. The SMILES string of the molecule is CCNC(Cc1cccc(F)c1)c1cc(Br)ccc1F. The Morgan fingerprint density at radius 1 is 1.15 bits per heavy atom. The highest BCUT2D eigenvalue weighted by Gasteiger charge is 2.16. The molecule has 0 spiro atoms. The minimum Gasteiger partial charge on any atom is -0.310 e. The summed E-state index contributed by atoms with van der Waals surface area (Å²) in [5.74, 6) is -0.525. The fourth-order valence-electron chi connectivity index (χ4n) is 2.22. The van der Waals surface area contributed by atoms with Crippen LogP contribution in [-0.2, 0) is 6.42 Å². The number of hydrogen-bond donors (Lipinski definition) is 1. The van der Waals surface area contributed by atoms with Gasteiger partial charge in [0.25, 0.3) is 0 Å². The van der Waals surface area contributed by atoms with Crippen LogP contribution >= 0.6 is 15.9 Å². The van der Waals surface area contributed by atoms with Gasteiger partial charge in [-0.25, -0.2) is 8.78 Å². The lowest BCUT2D eigenvalue weighted by atomic mass is 9.98. The van der Waals surface area contributed by atoms with Gasteiger partial charge in [0.1, 0.15) is 11.6 Å². The van der Waals surface area contributed by atoms with Crippen molar-refractivity contribution < 1.29 is 8.78 Å². The summed E-state index contributed by atoms with van der Waals surface area (Å²) in [5.41, 5.74) is 1.43. The van der Waals surface area contributed by atoms with Crippen molar-refractivity contribution in [3.8, 4) is 0 Å². The third-order valence-corrected chi connectivity index (χ3v) is 3.61. The molecule has 106 valence electrons. The number of nitrogens with one attached hydrogen (secondary N) is 1. The van der Waals surface area contributed by atoms with Crippen molar-refractivity contribution in [2.45, 2.75) is 19.4 Å². The highest BCUT2D eigenvalue weighted by molar-refractivity contribution is 9.10. The van der Waals surface area contributed by atoms with Gasteiger partial charge < -0.3 is 5.32 Å². The summed E-state index contributed by atoms with van der Waals surface area (Å²) < 4.78 is 28.1. The average Bonchev–Trinajstić information content (AvgIpc) is 2.41. The van der Waals surface area contributed by atoms with Crippen LogP contribution in [0.4, 0.5) is 8.78 Å². The van der Waals surface area contributed by atoms with E-state index in [0.717, 1.165) is 10.0 Å². The first-order valence-electron chi connectivity index (χ1n) is 6.53. The zero-order valence-electron chi connectivity index (χ0n) is 11.2. The molecule has 1 unspecified atom stereocenters. The van der Waals surface area contributed by atoms with Gasteiger partial charge in [0.2, 0.25) is 0 Å². The van der Waals surface area contributed by atoms with E-state index in [-0.39, 0.29) is 17.7 Å². The topological polar surface area (TPSA) is 12.0 Å². The molecule has 2 aromatic carbocycles. The summed E-state index contributed by atoms with van der Waals surface area (Å²) in [5, 5.41) is 3.25. The third-order valence-electron chi connectivity index (χ3n) is 3.11. The second kappa shape index (κ2) is 6.95. The van der Waals surface area contributed by atoms with Gasteiger partial charge in [0.05, 0.1) is 0 Å². The van der Waals surface area contributed by atoms with Crippen LogP contribution in [0.5, 0.6) is 0 Å².